The molecular weight excluding hydrogens is 606 g/mol. The predicted octanol–water partition coefficient (Wildman–Crippen LogP) is 13.2. The molecule has 0 aliphatic carbocycles. The molecule has 0 radical (unpaired) electrons. The number of unbranched alkanes of at least 4 members (excludes halogenated alkanes) is 20. The van der Waals surface area contributed by atoms with Crippen molar-refractivity contribution in [3.8, 4) is 0 Å². The lowest BCUT2D eigenvalue weighted by atomic mass is 9.79. The SMILES string of the molecule is CCCCCCCCCCCOC(=O)CCC1CN(CC)CCC1CCCCCC(=O)OC(CCCCCCCC)CCCCCCCC. The highest BCUT2D eigenvalue weighted by Gasteiger charge is 2.28. The van der Waals surface area contributed by atoms with E-state index in [0.29, 0.717) is 31.3 Å². The lowest BCUT2D eigenvalue weighted by Crippen LogP contribution is -2.40. The maximum atomic E-state index is 12.8. The van der Waals surface area contributed by atoms with Crippen molar-refractivity contribution in [1.82, 2.24) is 4.90 Å². The van der Waals surface area contributed by atoms with Gasteiger partial charge in [0.15, 0.2) is 0 Å². The first-order valence-corrected chi connectivity index (χ1v) is 22.1. The van der Waals surface area contributed by atoms with Crippen LogP contribution < -0.4 is 0 Å². The van der Waals surface area contributed by atoms with Crippen LogP contribution in [0.5, 0.6) is 0 Å². The minimum absolute atomic E-state index is 0.00302. The molecule has 0 aromatic rings. The molecule has 49 heavy (non-hydrogen) atoms. The van der Waals surface area contributed by atoms with Gasteiger partial charge in [-0.3, -0.25) is 9.59 Å². The second-order valence-electron chi connectivity index (χ2n) is 15.6. The maximum Gasteiger partial charge on any atom is 0.306 e. The van der Waals surface area contributed by atoms with Crippen LogP contribution in [0.15, 0.2) is 0 Å². The van der Waals surface area contributed by atoms with Crippen molar-refractivity contribution < 1.29 is 19.1 Å². The molecule has 5 nitrogen and oxygen atoms in total. The fraction of sp³-hybridized carbons (Fsp3) is 0.955. The largest absolute Gasteiger partial charge is 0.466 e. The summed E-state index contributed by atoms with van der Waals surface area (Å²) in [4.78, 5) is 28.0. The van der Waals surface area contributed by atoms with E-state index >= 15 is 0 Å². The molecule has 0 amide bonds. The molecule has 1 aliphatic rings. The van der Waals surface area contributed by atoms with Crippen molar-refractivity contribution in [2.45, 2.75) is 233 Å². The summed E-state index contributed by atoms with van der Waals surface area (Å²) in [6, 6.07) is 0. The zero-order valence-electron chi connectivity index (χ0n) is 33.6. The van der Waals surface area contributed by atoms with Gasteiger partial charge in [-0.2, -0.15) is 0 Å². The molecule has 2 atom stereocenters. The van der Waals surface area contributed by atoms with Crippen molar-refractivity contribution in [3.05, 3.63) is 0 Å². The third-order valence-corrected chi connectivity index (χ3v) is 11.2. The Balaban J connectivity index is 2.31. The number of carbonyl (C=O) groups is 2. The van der Waals surface area contributed by atoms with Crippen molar-refractivity contribution in [1.29, 1.82) is 0 Å². The highest BCUT2D eigenvalue weighted by atomic mass is 16.5. The third-order valence-electron chi connectivity index (χ3n) is 11.2. The van der Waals surface area contributed by atoms with E-state index in [4.69, 9.17) is 9.47 Å². The number of hydrogen-bond donors (Lipinski definition) is 0. The van der Waals surface area contributed by atoms with Gasteiger partial charge >= 0.3 is 11.9 Å². The van der Waals surface area contributed by atoms with Gasteiger partial charge in [-0.1, -0.05) is 163 Å². The lowest BCUT2D eigenvalue weighted by Gasteiger charge is -2.38. The van der Waals surface area contributed by atoms with E-state index in [1.165, 1.54) is 154 Å². The number of esters is 2. The van der Waals surface area contributed by atoms with E-state index in [9.17, 15) is 9.59 Å². The van der Waals surface area contributed by atoms with Crippen LogP contribution in [-0.4, -0.2) is 49.2 Å². The van der Waals surface area contributed by atoms with Gasteiger partial charge in [0.05, 0.1) is 6.61 Å². The zero-order valence-corrected chi connectivity index (χ0v) is 33.6. The second-order valence-corrected chi connectivity index (χ2v) is 15.6. The molecule has 0 N–H and O–H groups in total. The topological polar surface area (TPSA) is 55.8 Å². The number of nitrogens with zero attached hydrogens (tertiary/aromatic N) is 1. The molecule has 1 heterocycles. The van der Waals surface area contributed by atoms with Gasteiger partial charge in [-0.05, 0) is 76.3 Å². The monoisotopic (exact) mass is 692 g/mol. The van der Waals surface area contributed by atoms with Crippen molar-refractivity contribution in [2.24, 2.45) is 11.8 Å². The number of likely N-dealkylation sites (tertiary alicyclic amines) is 1. The van der Waals surface area contributed by atoms with Crippen LogP contribution in [0.3, 0.4) is 0 Å². The van der Waals surface area contributed by atoms with Crippen LogP contribution in [-0.2, 0) is 19.1 Å². The van der Waals surface area contributed by atoms with Gasteiger partial charge in [-0.25, -0.2) is 0 Å². The number of rotatable bonds is 35. The van der Waals surface area contributed by atoms with Gasteiger partial charge in [0.2, 0.25) is 0 Å². The van der Waals surface area contributed by atoms with Crippen LogP contribution in [0.25, 0.3) is 0 Å². The molecule has 1 fully saturated rings. The zero-order chi connectivity index (χ0) is 35.6. The molecule has 0 aromatic heterocycles. The lowest BCUT2D eigenvalue weighted by molar-refractivity contribution is -0.150. The summed E-state index contributed by atoms with van der Waals surface area (Å²) in [5.41, 5.74) is 0. The first-order valence-electron chi connectivity index (χ1n) is 22.1. The Bertz CT molecular complexity index is 726. The average molecular weight is 692 g/mol. The fourth-order valence-corrected chi connectivity index (χ4v) is 7.79. The number of piperidine rings is 1. The molecule has 0 bridgehead atoms. The Labute approximate surface area is 306 Å². The first-order chi connectivity index (χ1) is 24.0. The summed E-state index contributed by atoms with van der Waals surface area (Å²) in [6.45, 7) is 13.0. The summed E-state index contributed by atoms with van der Waals surface area (Å²) in [5, 5.41) is 0. The summed E-state index contributed by atoms with van der Waals surface area (Å²) in [6.07, 6.45) is 36.9. The Kier molecular flexibility index (Phi) is 31.9. The first kappa shape index (κ1) is 45.9. The third kappa shape index (κ3) is 27.3. The standard InChI is InChI=1S/C44H85NO4/c1-5-9-12-15-18-19-20-23-29-38-48-43(46)35-34-41-39-45(8-4)37-36-40(41)30-25-24-28-33-44(47)49-42(31-26-21-16-13-10-6-2)32-27-22-17-14-11-7-3/h40-42H,5-39H2,1-4H3. The minimum Gasteiger partial charge on any atom is -0.466 e. The highest BCUT2D eigenvalue weighted by molar-refractivity contribution is 5.69. The van der Waals surface area contributed by atoms with E-state index in [0.717, 1.165) is 51.6 Å². The summed E-state index contributed by atoms with van der Waals surface area (Å²) < 4.78 is 11.7. The summed E-state index contributed by atoms with van der Waals surface area (Å²) >= 11 is 0. The van der Waals surface area contributed by atoms with Crippen LogP contribution in [0.1, 0.15) is 227 Å². The quantitative estimate of drug-likeness (QED) is 0.0489. The molecule has 0 aromatic carbocycles. The Morgan fingerprint density at radius 3 is 1.61 bits per heavy atom. The smallest absolute Gasteiger partial charge is 0.306 e. The van der Waals surface area contributed by atoms with E-state index in [-0.39, 0.29) is 18.0 Å². The van der Waals surface area contributed by atoms with E-state index in [1.54, 1.807) is 0 Å². The molecule has 290 valence electrons. The number of carbonyl (C=O) groups excluding carboxylic acids is 2. The van der Waals surface area contributed by atoms with Gasteiger partial charge < -0.3 is 14.4 Å². The van der Waals surface area contributed by atoms with Crippen LogP contribution in [0.2, 0.25) is 0 Å². The van der Waals surface area contributed by atoms with Gasteiger partial charge in [-0.15, -0.1) is 0 Å². The van der Waals surface area contributed by atoms with Gasteiger partial charge in [0.1, 0.15) is 6.10 Å². The molecule has 0 spiro atoms. The minimum atomic E-state index is -0.00302. The van der Waals surface area contributed by atoms with Crippen LogP contribution in [0.4, 0.5) is 0 Å². The Morgan fingerprint density at radius 1 is 0.551 bits per heavy atom. The average Bonchev–Trinajstić information content (AvgIpc) is 3.11. The molecular formula is C44H85NO4. The Morgan fingerprint density at radius 2 is 1.06 bits per heavy atom. The molecule has 5 heteroatoms. The summed E-state index contributed by atoms with van der Waals surface area (Å²) in [5.74, 6) is 1.27. The van der Waals surface area contributed by atoms with Gasteiger partial charge in [0, 0.05) is 19.4 Å². The predicted molar refractivity (Wildman–Crippen MR) is 210 cm³/mol. The van der Waals surface area contributed by atoms with Crippen LogP contribution in [0, 0.1) is 11.8 Å². The van der Waals surface area contributed by atoms with E-state index < -0.39 is 0 Å². The molecule has 2 unspecified atom stereocenters. The molecule has 1 aliphatic heterocycles. The van der Waals surface area contributed by atoms with Crippen molar-refractivity contribution >= 4 is 11.9 Å². The normalized spacial score (nSPS) is 16.8. The maximum absolute atomic E-state index is 12.8. The van der Waals surface area contributed by atoms with Crippen LogP contribution >= 0.6 is 0 Å². The Hall–Kier alpha value is -1.10. The highest BCUT2D eigenvalue weighted by Crippen LogP contribution is 2.32. The van der Waals surface area contributed by atoms with E-state index in [1.807, 2.05) is 0 Å². The number of ether oxygens (including phenoxy) is 2. The van der Waals surface area contributed by atoms with E-state index in [2.05, 4.69) is 32.6 Å². The van der Waals surface area contributed by atoms with Gasteiger partial charge in [0.25, 0.3) is 0 Å². The summed E-state index contributed by atoms with van der Waals surface area (Å²) in [7, 11) is 0. The molecule has 1 rings (SSSR count). The second kappa shape index (κ2) is 34.0. The number of hydrogen-bond acceptors (Lipinski definition) is 5. The van der Waals surface area contributed by atoms with Crippen molar-refractivity contribution in [3.63, 3.8) is 0 Å². The molecule has 1 saturated heterocycles. The van der Waals surface area contributed by atoms with Crippen molar-refractivity contribution in [2.75, 3.05) is 26.2 Å². The molecule has 0 saturated carbocycles. The fourth-order valence-electron chi connectivity index (χ4n) is 7.79.